The second-order valence-electron chi connectivity index (χ2n) is 7.47. The second kappa shape index (κ2) is 9.22. The summed E-state index contributed by atoms with van der Waals surface area (Å²) in [6.45, 7) is -0.307. The van der Waals surface area contributed by atoms with Gasteiger partial charge in [-0.05, 0) is 47.5 Å². The third kappa shape index (κ3) is 4.61. The van der Waals surface area contributed by atoms with E-state index in [9.17, 15) is 20.4 Å². The minimum atomic E-state index is -0.710. The van der Waals surface area contributed by atoms with Crippen molar-refractivity contribution in [3.63, 3.8) is 0 Å². The molecule has 0 aliphatic carbocycles. The summed E-state index contributed by atoms with van der Waals surface area (Å²) in [6, 6.07) is 12.9. The number of rotatable bonds is 6. The smallest absolute Gasteiger partial charge is 0.200 e. The summed E-state index contributed by atoms with van der Waals surface area (Å²) in [7, 11) is 2.87. The molecular weight excluding hydrogens is 428 g/mol. The number of aliphatic hydroxyl groups is 1. The molecule has 0 radical (unpaired) electrons. The van der Waals surface area contributed by atoms with Crippen molar-refractivity contribution in [3.05, 3.63) is 65.2 Å². The van der Waals surface area contributed by atoms with Gasteiger partial charge in [0.25, 0.3) is 0 Å². The first-order valence-corrected chi connectivity index (χ1v) is 10.2. The van der Waals surface area contributed by atoms with Crippen LogP contribution in [0.5, 0.6) is 40.2 Å². The van der Waals surface area contributed by atoms with Crippen LogP contribution >= 0.6 is 0 Å². The highest BCUT2D eigenvalue weighted by Crippen LogP contribution is 2.44. The van der Waals surface area contributed by atoms with Gasteiger partial charge in [-0.15, -0.1) is 0 Å². The van der Waals surface area contributed by atoms with Crippen LogP contribution in [-0.4, -0.2) is 47.4 Å². The van der Waals surface area contributed by atoms with Crippen LogP contribution in [0.15, 0.2) is 48.5 Å². The molecule has 2 atom stereocenters. The molecule has 3 aromatic rings. The summed E-state index contributed by atoms with van der Waals surface area (Å²) in [5.41, 5.74) is 2.04. The van der Waals surface area contributed by atoms with E-state index in [0.717, 1.165) is 5.56 Å². The van der Waals surface area contributed by atoms with Gasteiger partial charge < -0.3 is 39.4 Å². The average molecular weight is 452 g/mol. The van der Waals surface area contributed by atoms with Crippen molar-refractivity contribution in [1.29, 1.82) is 0 Å². The fourth-order valence-corrected chi connectivity index (χ4v) is 3.66. The number of hydrogen-bond acceptors (Lipinski definition) is 8. The fraction of sp³-hybridized carbons (Fsp3) is 0.200. The van der Waals surface area contributed by atoms with Crippen LogP contribution in [0.4, 0.5) is 0 Å². The van der Waals surface area contributed by atoms with Gasteiger partial charge in [0.05, 0.1) is 20.8 Å². The van der Waals surface area contributed by atoms with Crippen molar-refractivity contribution in [3.8, 4) is 40.2 Å². The quantitative estimate of drug-likeness (QED) is 0.417. The zero-order valence-electron chi connectivity index (χ0n) is 18.1. The third-order valence-corrected chi connectivity index (χ3v) is 5.24. The van der Waals surface area contributed by atoms with Crippen LogP contribution in [0, 0.1) is 0 Å². The summed E-state index contributed by atoms with van der Waals surface area (Å²) >= 11 is 0. The van der Waals surface area contributed by atoms with Gasteiger partial charge in [-0.25, -0.2) is 0 Å². The number of phenolic OH excluding ortho intramolecular Hbond substituents is 3. The number of aliphatic hydroxyl groups excluding tert-OH is 1. The molecule has 1 aliphatic rings. The molecular formula is C25H24O8. The van der Waals surface area contributed by atoms with E-state index >= 15 is 0 Å². The third-order valence-electron chi connectivity index (χ3n) is 5.24. The molecule has 0 spiro atoms. The van der Waals surface area contributed by atoms with Gasteiger partial charge in [-0.1, -0.05) is 18.2 Å². The Bertz CT molecular complexity index is 1140. The first kappa shape index (κ1) is 22.2. The van der Waals surface area contributed by atoms with Gasteiger partial charge in [-0.2, -0.15) is 0 Å². The highest BCUT2D eigenvalue weighted by atomic mass is 16.6. The van der Waals surface area contributed by atoms with Crippen LogP contribution in [0.3, 0.4) is 0 Å². The predicted octanol–water partition coefficient (Wildman–Crippen LogP) is 3.86. The minimum Gasteiger partial charge on any atom is -0.508 e. The van der Waals surface area contributed by atoms with Gasteiger partial charge >= 0.3 is 0 Å². The molecule has 1 heterocycles. The van der Waals surface area contributed by atoms with Crippen LogP contribution in [0.1, 0.15) is 22.8 Å². The average Bonchev–Trinajstić information content (AvgIpc) is 2.81. The molecule has 4 N–H and O–H groups in total. The Kier molecular flexibility index (Phi) is 6.19. The highest BCUT2D eigenvalue weighted by Gasteiger charge is 2.34. The Labute approximate surface area is 190 Å². The largest absolute Gasteiger partial charge is 0.508 e. The highest BCUT2D eigenvalue weighted by molar-refractivity contribution is 5.72. The number of benzene rings is 3. The number of hydrogen-bond donors (Lipinski definition) is 4. The summed E-state index contributed by atoms with van der Waals surface area (Å²) in [5, 5.41) is 39.4. The van der Waals surface area contributed by atoms with Crippen molar-refractivity contribution >= 4 is 12.2 Å². The molecule has 0 saturated carbocycles. The molecule has 33 heavy (non-hydrogen) atoms. The molecule has 8 heteroatoms. The lowest BCUT2D eigenvalue weighted by molar-refractivity contribution is -0.0125. The maximum Gasteiger partial charge on any atom is 0.200 e. The SMILES string of the molecule is COc1cc([C@H]2Oc3ccc(/C=C/c4cc(O)cc(O)c4)cc3O[C@@H]2CO)cc(OC)c1O. The van der Waals surface area contributed by atoms with Crippen LogP contribution in [0.25, 0.3) is 12.2 Å². The maximum absolute atomic E-state index is 10.2. The first-order chi connectivity index (χ1) is 15.9. The number of ether oxygens (including phenoxy) is 4. The fourth-order valence-electron chi connectivity index (χ4n) is 3.66. The van der Waals surface area contributed by atoms with Crippen molar-refractivity contribution < 1.29 is 39.4 Å². The zero-order chi connectivity index (χ0) is 23.5. The van der Waals surface area contributed by atoms with Crippen LogP contribution in [0.2, 0.25) is 0 Å². The molecule has 0 fully saturated rings. The molecule has 1 aliphatic heterocycles. The second-order valence-corrected chi connectivity index (χ2v) is 7.47. The molecule has 0 saturated heterocycles. The number of fused-ring (bicyclic) bond motifs is 1. The number of aromatic hydroxyl groups is 3. The summed E-state index contributed by atoms with van der Waals surface area (Å²) in [5.74, 6) is 1.19. The predicted molar refractivity (Wildman–Crippen MR) is 121 cm³/mol. The van der Waals surface area contributed by atoms with Crippen molar-refractivity contribution in [1.82, 2.24) is 0 Å². The lowest BCUT2D eigenvalue weighted by Crippen LogP contribution is -2.36. The summed E-state index contributed by atoms with van der Waals surface area (Å²) in [4.78, 5) is 0. The molecule has 0 aromatic heterocycles. The Morgan fingerprint density at radius 3 is 2.03 bits per heavy atom. The standard InChI is InChI=1S/C25H24O8/c1-30-21-10-16(11-22(31-2)24(21)29)25-23(13-26)32-20-9-14(5-6-19(20)33-25)3-4-15-7-17(27)12-18(28)8-15/h3-12,23,25-29H,13H2,1-2H3/b4-3+/t23-,25-/m1/s1. The summed E-state index contributed by atoms with van der Waals surface area (Å²) in [6.07, 6.45) is 2.17. The van der Waals surface area contributed by atoms with Crippen molar-refractivity contribution in [2.45, 2.75) is 12.2 Å². The molecule has 0 amide bonds. The van der Waals surface area contributed by atoms with Gasteiger partial charge in [0.15, 0.2) is 35.2 Å². The summed E-state index contributed by atoms with van der Waals surface area (Å²) < 4.78 is 22.6. The van der Waals surface area contributed by atoms with E-state index < -0.39 is 12.2 Å². The van der Waals surface area contributed by atoms with E-state index in [4.69, 9.17) is 18.9 Å². The van der Waals surface area contributed by atoms with Gasteiger partial charge in [0.2, 0.25) is 5.75 Å². The van der Waals surface area contributed by atoms with Crippen molar-refractivity contribution in [2.24, 2.45) is 0 Å². The molecule has 4 rings (SSSR count). The van der Waals surface area contributed by atoms with E-state index in [2.05, 4.69) is 0 Å². The van der Waals surface area contributed by atoms with E-state index in [0.29, 0.717) is 22.6 Å². The Hall–Kier alpha value is -4.04. The molecule has 3 aromatic carbocycles. The van der Waals surface area contributed by atoms with Gasteiger partial charge in [0, 0.05) is 11.6 Å². The van der Waals surface area contributed by atoms with E-state index in [1.165, 1.54) is 32.4 Å². The normalized spacial score (nSPS) is 17.2. The Morgan fingerprint density at radius 1 is 0.788 bits per heavy atom. The van der Waals surface area contributed by atoms with Crippen LogP contribution in [-0.2, 0) is 0 Å². The molecule has 0 unspecified atom stereocenters. The van der Waals surface area contributed by atoms with E-state index in [-0.39, 0.29) is 35.4 Å². The number of methoxy groups -OCH3 is 2. The monoisotopic (exact) mass is 452 g/mol. The number of phenols is 3. The molecule has 8 nitrogen and oxygen atoms in total. The van der Waals surface area contributed by atoms with Gasteiger partial charge in [0.1, 0.15) is 11.5 Å². The maximum atomic E-state index is 10.2. The lowest BCUT2D eigenvalue weighted by Gasteiger charge is -2.33. The minimum absolute atomic E-state index is 0.0313. The van der Waals surface area contributed by atoms with Crippen LogP contribution < -0.4 is 18.9 Å². The Balaban J connectivity index is 1.62. The van der Waals surface area contributed by atoms with Crippen molar-refractivity contribution in [2.75, 3.05) is 20.8 Å². The molecule has 0 bridgehead atoms. The Morgan fingerprint density at radius 2 is 1.42 bits per heavy atom. The van der Waals surface area contributed by atoms with E-state index in [1.54, 1.807) is 36.4 Å². The molecule has 172 valence electrons. The lowest BCUT2D eigenvalue weighted by atomic mass is 10.0. The van der Waals surface area contributed by atoms with E-state index in [1.807, 2.05) is 6.07 Å². The zero-order valence-corrected chi connectivity index (χ0v) is 18.1. The topological polar surface area (TPSA) is 118 Å². The van der Waals surface area contributed by atoms with Gasteiger partial charge in [-0.3, -0.25) is 0 Å². The first-order valence-electron chi connectivity index (χ1n) is 10.2.